The minimum atomic E-state index is 0.735. The number of hydrogen-bond acceptors (Lipinski definition) is 1. The number of hydrogen-bond donors (Lipinski definition) is 1. The molecule has 0 aromatic carbocycles. The van der Waals surface area contributed by atoms with Crippen LogP contribution in [0.5, 0.6) is 0 Å². The Balaban J connectivity index is 3.85. The molecule has 0 heterocycles. The first kappa shape index (κ1) is 11.7. The second-order valence-corrected chi connectivity index (χ2v) is 3.34. The molecule has 0 bridgehead atoms. The molecule has 0 aliphatic rings. The number of likely N-dealkylation sites (N-methyl/N-ethyl adjacent to an activating group) is 1. The molecule has 0 aliphatic carbocycles. The van der Waals surface area contributed by atoms with Crippen LogP contribution in [-0.4, -0.2) is 13.1 Å². The lowest BCUT2D eigenvalue weighted by Gasteiger charge is -2.08. The van der Waals surface area contributed by atoms with Crippen LogP contribution in [0.2, 0.25) is 0 Å². The SMILES string of the molecule is CCNC/C(=C\C(C)CC)CC. The van der Waals surface area contributed by atoms with Crippen molar-refractivity contribution in [3.05, 3.63) is 11.6 Å². The van der Waals surface area contributed by atoms with Gasteiger partial charge in [-0.05, 0) is 18.9 Å². The molecule has 0 fully saturated rings. The van der Waals surface area contributed by atoms with E-state index in [4.69, 9.17) is 0 Å². The topological polar surface area (TPSA) is 12.0 Å². The number of rotatable bonds is 6. The Hall–Kier alpha value is -0.300. The van der Waals surface area contributed by atoms with Gasteiger partial charge in [-0.3, -0.25) is 0 Å². The van der Waals surface area contributed by atoms with Crippen molar-refractivity contribution < 1.29 is 0 Å². The summed E-state index contributed by atoms with van der Waals surface area (Å²) in [7, 11) is 0. The van der Waals surface area contributed by atoms with Gasteiger partial charge >= 0.3 is 0 Å². The third kappa shape index (κ3) is 5.36. The lowest BCUT2D eigenvalue weighted by Crippen LogP contribution is -2.16. The maximum absolute atomic E-state index is 3.36. The predicted octanol–water partition coefficient (Wildman–Crippen LogP) is 2.98. The van der Waals surface area contributed by atoms with Crippen LogP contribution in [-0.2, 0) is 0 Å². The first-order valence-electron chi connectivity index (χ1n) is 5.14. The fourth-order valence-corrected chi connectivity index (χ4v) is 1.11. The smallest absolute Gasteiger partial charge is 0.0164 e. The van der Waals surface area contributed by atoms with Gasteiger partial charge in [0.15, 0.2) is 0 Å². The van der Waals surface area contributed by atoms with E-state index in [-0.39, 0.29) is 0 Å². The van der Waals surface area contributed by atoms with Gasteiger partial charge in [0.1, 0.15) is 0 Å². The fraction of sp³-hybridized carbons (Fsp3) is 0.818. The molecule has 0 aromatic heterocycles. The van der Waals surface area contributed by atoms with Gasteiger partial charge in [-0.15, -0.1) is 0 Å². The molecule has 1 N–H and O–H groups in total. The number of nitrogens with one attached hydrogen (secondary N) is 1. The van der Waals surface area contributed by atoms with Crippen LogP contribution in [0.15, 0.2) is 11.6 Å². The van der Waals surface area contributed by atoms with Crippen LogP contribution in [0.1, 0.15) is 40.5 Å². The van der Waals surface area contributed by atoms with Crippen molar-refractivity contribution in [3.8, 4) is 0 Å². The van der Waals surface area contributed by atoms with Gasteiger partial charge in [-0.1, -0.05) is 45.8 Å². The molecular weight excluding hydrogens is 146 g/mol. The van der Waals surface area contributed by atoms with Gasteiger partial charge in [-0.2, -0.15) is 0 Å². The summed E-state index contributed by atoms with van der Waals surface area (Å²) in [6, 6.07) is 0. The molecule has 0 aromatic rings. The zero-order chi connectivity index (χ0) is 9.40. The van der Waals surface area contributed by atoms with Crippen molar-refractivity contribution in [2.75, 3.05) is 13.1 Å². The lowest BCUT2D eigenvalue weighted by molar-refractivity contribution is 0.675. The van der Waals surface area contributed by atoms with Gasteiger partial charge in [0.05, 0.1) is 0 Å². The van der Waals surface area contributed by atoms with Gasteiger partial charge < -0.3 is 5.32 Å². The molecule has 0 spiro atoms. The first-order chi connectivity index (χ1) is 5.74. The summed E-state index contributed by atoms with van der Waals surface area (Å²) in [5.74, 6) is 0.735. The van der Waals surface area contributed by atoms with Gasteiger partial charge in [0, 0.05) is 6.54 Å². The summed E-state index contributed by atoms with van der Waals surface area (Å²) in [6.07, 6.45) is 4.83. The van der Waals surface area contributed by atoms with E-state index in [1.807, 2.05) is 0 Å². The normalized spacial score (nSPS) is 14.8. The third-order valence-electron chi connectivity index (χ3n) is 2.22. The fourth-order valence-electron chi connectivity index (χ4n) is 1.11. The van der Waals surface area contributed by atoms with E-state index in [2.05, 4.69) is 39.1 Å². The van der Waals surface area contributed by atoms with E-state index in [9.17, 15) is 0 Å². The van der Waals surface area contributed by atoms with E-state index >= 15 is 0 Å². The van der Waals surface area contributed by atoms with Crippen LogP contribution in [0.25, 0.3) is 0 Å². The van der Waals surface area contributed by atoms with E-state index in [1.54, 1.807) is 5.57 Å². The molecule has 1 nitrogen and oxygen atoms in total. The van der Waals surface area contributed by atoms with Gasteiger partial charge in [0.2, 0.25) is 0 Å². The molecule has 0 radical (unpaired) electrons. The van der Waals surface area contributed by atoms with Crippen LogP contribution < -0.4 is 5.32 Å². The standard InChI is InChI=1S/C11H23N/c1-5-10(4)8-11(6-2)9-12-7-3/h8,10,12H,5-7,9H2,1-4H3/b11-8-. The molecule has 0 amide bonds. The van der Waals surface area contributed by atoms with Gasteiger partial charge in [-0.25, -0.2) is 0 Å². The summed E-state index contributed by atoms with van der Waals surface area (Å²) in [5.41, 5.74) is 1.55. The highest BCUT2D eigenvalue weighted by atomic mass is 14.8. The van der Waals surface area contributed by atoms with Crippen molar-refractivity contribution in [2.45, 2.75) is 40.5 Å². The molecule has 72 valence electrons. The second-order valence-electron chi connectivity index (χ2n) is 3.34. The molecule has 0 rings (SSSR count). The highest BCUT2D eigenvalue weighted by Gasteiger charge is 1.97. The average molecular weight is 169 g/mol. The summed E-state index contributed by atoms with van der Waals surface area (Å²) >= 11 is 0. The Morgan fingerprint density at radius 1 is 1.33 bits per heavy atom. The van der Waals surface area contributed by atoms with Crippen LogP contribution in [0.4, 0.5) is 0 Å². The van der Waals surface area contributed by atoms with Crippen molar-refractivity contribution >= 4 is 0 Å². The Bertz CT molecular complexity index is 127. The first-order valence-corrected chi connectivity index (χ1v) is 5.14. The minimum Gasteiger partial charge on any atom is -0.313 e. The molecular formula is C11H23N. The number of allylic oxidation sites excluding steroid dienone is 1. The van der Waals surface area contributed by atoms with Crippen molar-refractivity contribution in [1.82, 2.24) is 5.32 Å². The highest BCUT2D eigenvalue weighted by Crippen LogP contribution is 2.08. The highest BCUT2D eigenvalue weighted by molar-refractivity contribution is 5.04. The Labute approximate surface area is 77.2 Å². The van der Waals surface area contributed by atoms with Crippen molar-refractivity contribution in [2.24, 2.45) is 5.92 Å². The van der Waals surface area contributed by atoms with E-state index < -0.39 is 0 Å². The molecule has 0 aliphatic heterocycles. The molecule has 1 heteroatoms. The maximum atomic E-state index is 3.36. The Kier molecular flexibility index (Phi) is 7.17. The monoisotopic (exact) mass is 169 g/mol. The molecule has 1 unspecified atom stereocenters. The van der Waals surface area contributed by atoms with E-state index in [1.165, 1.54) is 12.8 Å². The quantitative estimate of drug-likeness (QED) is 0.603. The predicted molar refractivity (Wildman–Crippen MR) is 56.4 cm³/mol. The summed E-state index contributed by atoms with van der Waals surface area (Å²) in [4.78, 5) is 0. The molecule has 0 saturated carbocycles. The van der Waals surface area contributed by atoms with Crippen molar-refractivity contribution in [1.29, 1.82) is 0 Å². The largest absolute Gasteiger partial charge is 0.313 e. The molecule has 12 heavy (non-hydrogen) atoms. The molecule has 1 atom stereocenters. The van der Waals surface area contributed by atoms with E-state index in [0.717, 1.165) is 19.0 Å². The van der Waals surface area contributed by atoms with Crippen LogP contribution in [0.3, 0.4) is 0 Å². The summed E-state index contributed by atoms with van der Waals surface area (Å²) in [5, 5.41) is 3.36. The Morgan fingerprint density at radius 2 is 2.00 bits per heavy atom. The third-order valence-corrected chi connectivity index (χ3v) is 2.22. The van der Waals surface area contributed by atoms with Crippen molar-refractivity contribution in [3.63, 3.8) is 0 Å². The van der Waals surface area contributed by atoms with E-state index in [0.29, 0.717) is 0 Å². The zero-order valence-corrected chi connectivity index (χ0v) is 8.98. The maximum Gasteiger partial charge on any atom is 0.0164 e. The van der Waals surface area contributed by atoms with Crippen LogP contribution in [0, 0.1) is 5.92 Å². The summed E-state index contributed by atoms with van der Waals surface area (Å²) < 4.78 is 0. The average Bonchev–Trinajstić information content (AvgIpc) is 2.11. The second kappa shape index (κ2) is 7.35. The zero-order valence-electron chi connectivity index (χ0n) is 8.98. The lowest BCUT2D eigenvalue weighted by atomic mass is 10.0. The Morgan fingerprint density at radius 3 is 2.42 bits per heavy atom. The summed E-state index contributed by atoms with van der Waals surface area (Å²) in [6.45, 7) is 11.0. The molecule has 0 saturated heterocycles. The minimum absolute atomic E-state index is 0.735. The van der Waals surface area contributed by atoms with Gasteiger partial charge in [0.25, 0.3) is 0 Å². The van der Waals surface area contributed by atoms with Crippen LogP contribution >= 0.6 is 0 Å².